The number of ether oxygens (including phenoxy) is 3. The van der Waals surface area contributed by atoms with Crippen LogP contribution < -0.4 is 14.4 Å². The number of pyridine rings is 1. The quantitative estimate of drug-likeness (QED) is 0.522. The van der Waals surface area contributed by atoms with Crippen LogP contribution in [0, 0.1) is 30.6 Å². The zero-order chi connectivity index (χ0) is 26.4. The Hall–Kier alpha value is -3.35. The second-order valence-corrected chi connectivity index (χ2v) is 11.1. The van der Waals surface area contributed by atoms with Gasteiger partial charge in [-0.1, -0.05) is 39.8 Å². The fourth-order valence-corrected chi connectivity index (χ4v) is 5.71. The lowest BCUT2D eigenvalue weighted by Gasteiger charge is -2.40. The third-order valence-electron chi connectivity index (χ3n) is 7.91. The fraction of sp³-hybridized carbons (Fsp3) is 0.500. The summed E-state index contributed by atoms with van der Waals surface area (Å²) in [5.41, 5.74) is 1.96. The van der Waals surface area contributed by atoms with Gasteiger partial charge in [-0.25, -0.2) is 4.98 Å². The Balaban J connectivity index is 1.61. The third-order valence-corrected chi connectivity index (χ3v) is 7.91. The summed E-state index contributed by atoms with van der Waals surface area (Å²) in [6.45, 7) is 11.0. The number of benzene rings is 1. The van der Waals surface area contributed by atoms with Crippen molar-refractivity contribution in [3.8, 4) is 11.5 Å². The molecule has 5 atom stereocenters. The van der Waals surface area contributed by atoms with E-state index in [0.717, 1.165) is 24.1 Å². The maximum absolute atomic E-state index is 14.1. The molecule has 1 aliphatic carbocycles. The summed E-state index contributed by atoms with van der Waals surface area (Å²) in [7, 11) is 1.59. The molecule has 1 aromatic carbocycles. The zero-order valence-electron chi connectivity index (χ0n) is 22.5. The van der Waals surface area contributed by atoms with Crippen molar-refractivity contribution in [3.05, 3.63) is 59.0 Å². The van der Waals surface area contributed by atoms with Crippen LogP contribution in [0.25, 0.3) is 0 Å². The van der Waals surface area contributed by atoms with Crippen LogP contribution in [-0.4, -0.2) is 36.5 Å². The van der Waals surface area contributed by atoms with Crippen LogP contribution in [-0.2, 0) is 14.3 Å². The van der Waals surface area contributed by atoms with Gasteiger partial charge in [-0.05, 0) is 67.3 Å². The number of carbonyl (C=O) groups is 2. The summed E-state index contributed by atoms with van der Waals surface area (Å²) in [5, 5.41) is 0. The Morgan fingerprint density at radius 2 is 1.84 bits per heavy atom. The molecule has 7 heteroatoms. The molecule has 196 valence electrons. The Morgan fingerprint density at radius 3 is 2.54 bits per heavy atom. The number of fused-ring (bicyclic) bond motifs is 1. The molecule has 5 unspecified atom stereocenters. The molecular weight excluding hydrogens is 468 g/mol. The maximum Gasteiger partial charge on any atom is 0.295 e. The number of hydrogen-bond donors (Lipinski definition) is 0. The first-order chi connectivity index (χ1) is 17.7. The van der Waals surface area contributed by atoms with Crippen LogP contribution in [0.3, 0.4) is 0 Å². The van der Waals surface area contributed by atoms with Crippen LogP contribution in [0.15, 0.2) is 47.7 Å². The highest BCUT2D eigenvalue weighted by molar-refractivity contribution is 6.17. The van der Waals surface area contributed by atoms with Crippen molar-refractivity contribution in [1.29, 1.82) is 0 Å². The molecular formula is C30H36N2O5. The first kappa shape index (κ1) is 25.3. The number of amides is 1. The number of aromatic nitrogens is 1. The molecule has 1 saturated carbocycles. The SMILES string of the molecule is COc1cc(C2C3=C(OC4CC(C)C(C)CC4C3=O)C(=O)N2c2cccc(C)n2)ccc1OCC(C)C. The molecule has 2 aliphatic heterocycles. The van der Waals surface area contributed by atoms with Crippen molar-refractivity contribution >= 4 is 17.5 Å². The molecule has 0 spiro atoms. The highest BCUT2D eigenvalue weighted by Crippen LogP contribution is 2.50. The minimum Gasteiger partial charge on any atom is -0.493 e. The Kier molecular flexibility index (Phi) is 6.73. The van der Waals surface area contributed by atoms with Gasteiger partial charge in [0, 0.05) is 5.69 Å². The van der Waals surface area contributed by atoms with Crippen LogP contribution in [0.2, 0.25) is 0 Å². The van der Waals surface area contributed by atoms with E-state index in [0.29, 0.717) is 47.3 Å². The van der Waals surface area contributed by atoms with E-state index in [1.807, 2.05) is 37.3 Å². The molecule has 5 rings (SSSR count). The fourth-order valence-electron chi connectivity index (χ4n) is 5.71. The topological polar surface area (TPSA) is 78.0 Å². The smallest absolute Gasteiger partial charge is 0.295 e. The van der Waals surface area contributed by atoms with E-state index in [-0.39, 0.29) is 29.5 Å². The number of anilines is 1. The number of methoxy groups -OCH3 is 1. The first-order valence-electron chi connectivity index (χ1n) is 13.2. The van der Waals surface area contributed by atoms with Gasteiger partial charge in [0.15, 0.2) is 23.0 Å². The Labute approximate surface area is 218 Å². The Morgan fingerprint density at radius 1 is 1.08 bits per heavy atom. The van der Waals surface area contributed by atoms with E-state index in [9.17, 15) is 9.59 Å². The number of nitrogens with zero attached hydrogens (tertiary/aromatic N) is 2. The molecule has 0 N–H and O–H groups in total. The average Bonchev–Trinajstić information content (AvgIpc) is 3.16. The second-order valence-electron chi connectivity index (χ2n) is 11.1. The predicted octanol–water partition coefficient (Wildman–Crippen LogP) is 5.43. The van der Waals surface area contributed by atoms with E-state index in [1.54, 1.807) is 18.1 Å². The van der Waals surface area contributed by atoms with Crippen molar-refractivity contribution < 1.29 is 23.8 Å². The van der Waals surface area contributed by atoms with Crippen LogP contribution in [0.1, 0.15) is 57.8 Å². The first-order valence-corrected chi connectivity index (χ1v) is 13.2. The number of Topliss-reactive ketones (excluding diaryl/α,β-unsaturated/α-hetero) is 1. The summed E-state index contributed by atoms with van der Waals surface area (Å²) >= 11 is 0. The van der Waals surface area contributed by atoms with E-state index >= 15 is 0 Å². The summed E-state index contributed by atoms with van der Waals surface area (Å²) in [6.07, 6.45) is 1.26. The van der Waals surface area contributed by atoms with E-state index in [2.05, 4.69) is 32.7 Å². The van der Waals surface area contributed by atoms with Crippen molar-refractivity contribution in [2.45, 2.75) is 59.6 Å². The highest BCUT2D eigenvalue weighted by atomic mass is 16.5. The lowest BCUT2D eigenvalue weighted by atomic mass is 9.70. The molecule has 2 aromatic rings. The van der Waals surface area contributed by atoms with Crippen LogP contribution >= 0.6 is 0 Å². The molecule has 3 aliphatic rings. The van der Waals surface area contributed by atoms with E-state index in [4.69, 9.17) is 14.2 Å². The monoisotopic (exact) mass is 504 g/mol. The lowest BCUT2D eigenvalue weighted by Crippen LogP contribution is -2.43. The van der Waals surface area contributed by atoms with Crippen LogP contribution in [0.5, 0.6) is 11.5 Å². The molecule has 0 radical (unpaired) electrons. The lowest BCUT2D eigenvalue weighted by molar-refractivity contribution is -0.134. The summed E-state index contributed by atoms with van der Waals surface area (Å²) in [5.74, 6) is 2.48. The summed E-state index contributed by atoms with van der Waals surface area (Å²) in [6, 6.07) is 10.5. The van der Waals surface area contributed by atoms with Gasteiger partial charge in [-0.15, -0.1) is 0 Å². The zero-order valence-corrected chi connectivity index (χ0v) is 22.5. The second kappa shape index (κ2) is 9.84. The third kappa shape index (κ3) is 4.49. The van der Waals surface area contributed by atoms with Crippen molar-refractivity contribution in [1.82, 2.24) is 4.98 Å². The van der Waals surface area contributed by atoms with Gasteiger partial charge < -0.3 is 14.2 Å². The number of ketones is 1. The molecule has 1 aromatic heterocycles. The predicted molar refractivity (Wildman–Crippen MR) is 140 cm³/mol. The maximum atomic E-state index is 14.1. The minimum atomic E-state index is -0.659. The molecule has 3 heterocycles. The van der Waals surface area contributed by atoms with Gasteiger partial charge in [-0.3, -0.25) is 14.5 Å². The molecule has 37 heavy (non-hydrogen) atoms. The van der Waals surface area contributed by atoms with Gasteiger partial charge in [0.25, 0.3) is 5.91 Å². The normalized spacial score (nSPS) is 27.2. The summed E-state index contributed by atoms with van der Waals surface area (Å²) < 4.78 is 18.0. The van der Waals surface area contributed by atoms with E-state index < -0.39 is 6.04 Å². The molecule has 1 fully saturated rings. The molecule has 0 bridgehead atoms. The number of rotatable bonds is 6. The highest BCUT2D eigenvalue weighted by Gasteiger charge is 2.54. The number of hydrogen-bond acceptors (Lipinski definition) is 6. The van der Waals surface area contributed by atoms with Gasteiger partial charge in [0.05, 0.1) is 31.2 Å². The van der Waals surface area contributed by atoms with Gasteiger partial charge in [0.2, 0.25) is 0 Å². The Bertz CT molecular complexity index is 1250. The van der Waals surface area contributed by atoms with Gasteiger partial charge >= 0.3 is 0 Å². The van der Waals surface area contributed by atoms with E-state index in [1.165, 1.54) is 0 Å². The minimum absolute atomic E-state index is 0.0117. The largest absolute Gasteiger partial charge is 0.493 e. The number of aryl methyl sites for hydroxylation is 1. The number of carbonyl (C=O) groups excluding carboxylic acids is 2. The van der Waals surface area contributed by atoms with Crippen molar-refractivity contribution in [2.75, 3.05) is 18.6 Å². The average molecular weight is 505 g/mol. The standard InChI is InChI=1S/C30H36N2O5/c1-16(2)15-36-22-11-10-20(14-24(22)35-6)27-26-28(33)21-12-17(3)18(4)13-23(21)37-29(26)30(34)32(27)25-9-7-8-19(5)31-25/h7-11,14,16-18,21,23,27H,12-13,15H2,1-6H3. The molecule has 0 saturated heterocycles. The van der Waals surface area contributed by atoms with Crippen LogP contribution in [0.4, 0.5) is 5.82 Å². The van der Waals surface area contributed by atoms with Gasteiger partial charge in [0.1, 0.15) is 11.9 Å². The molecule has 7 nitrogen and oxygen atoms in total. The van der Waals surface area contributed by atoms with Gasteiger partial charge in [-0.2, -0.15) is 0 Å². The summed E-state index contributed by atoms with van der Waals surface area (Å²) in [4.78, 5) is 34.2. The molecule has 1 amide bonds. The van der Waals surface area contributed by atoms with Crippen molar-refractivity contribution in [3.63, 3.8) is 0 Å². The van der Waals surface area contributed by atoms with Crippen molar-refractivity contribution in [2.24, 2.45) is 23.7 Å².